The Hall–Kier alpha value is -1.99. The topological polar surface area (TPSA) is 73.2 Å². The van der Waals surface area contributed by atoms with Crippen LogP contribution in [0.3, 0.4) is 0 Å². The number of halogens is 2. The van der Waals surface area contributed by atoms with Gasteiger partial charge in [0.15, 0.2) is 11.5 Å². The lowest BCUT2D eigenvalue weighted by Gasteiger charge is -2.65. The summed E-state index contributed by atoms with van der Waals surface area (Å²) in [5.74, 6) is 1.65. The number of carbonyl (C=O) groups excluding carboxylic acids is 1. The van der Waals surface area contributed by atoms with Gasteiger partial charge >= 0.3 is 0 Å². The van der Waals surface area contributed by atoms with Crippen LogP contribution in [0.15, 0.2) is 30.3 Å². The number of rotatable bonds is 7. The standard InChI is InChI=1S/C32H38Cl2N2O4/c1-18(2)16-36(27(38)14-20-5-7-22(33)23(34)13-20)24-9-10-32(39)26-15-21-6-8-25(37)29-28(21)31(32,30(24)40-29)11-12-35(26)17-19-3-4-19/h5-8,13,18-19,24,26,30,37,39H,3-4,9-12,14-17H2,1-2H3/t24-,26-,30+,31+,32-/m1/s1. The van der Waals surface area contributed by atoms with Crippen LogP contribution in [0.25, 0.3) is 0 Å². The van der Waals surface area contributed by atoms with Gasteiger partial charge in [-0.2, -0.15) is 0 Å². The van der Waals surface area contributed by atoms with Crippen LogP contribution in [-0.4, -0.2) is 69.3 Å². The number of phenols is 1. The van der Waals surface area contributed by atoms with Gasteiger partial charge in [0.2, 0.25) is 5.91 Å². The summed E-state index contributed by atoms with van der Waals surface area (Å²) in [6, 6.07) is 8.92. The van der Waals surface area contributed by atoms with Crippen molar-refractivity contribution in [3.63, 3.8) is 0 Å². The number of aromatic hydroxyl groups is 1. The molecule has 2 aromatic carbocycles. The van der Waals surface area contributed by atoms with E-state index in [9.17, 15) is 15.0 Å². The molecule has 6 nitrogen and oxygen atoms in total. The van der Waals surface area contributed by atoms with Gasteiger partial charge in [0, 0.05) is 24.7 Å². The van der Waals surface area contributed by atoms with Crippen molar-refractivity contribution in [1.82, 2.24) is 9.80 Å². The van der Waals surface area contributed by atoms with Gasteiger partial charge in [0.1, 0.15) is 6.10 Å². The minimum atomic E-state index is -0.969. The van der Waals surface area contributed by atoms with E-state index < -0.39 is 17.1 Å². The molecule has 3 fully saturated rings. The lowest BCUT2D eigenvalue weighted by molar-refractivity contribution is -0.202. The van der Waals surface area contributed by atoms with Crippen LogP contribution in [0.1, 0.15) is 62.6 Å². The molecule has 2 bridgehead atoms. The van der Waals surface area contributed by atoms with Crippen LogP contribution >= 0.6 is 23.2 Å². The maximum absolute atomic E-state index is 14.0. The van der Waals surface area contributed by atoms with E-state index in [1.807, 2.05) is 17.0 Å². The van der Waals surface area contributed by atoms with Crippen LogP contribution in [0.5, 0.6) is 11.5 Å². The molecule has 2 aliphatic heterocycles. The number of amides is 1. The summed E-state index contributed by atoms with van der Waals surface area (Å²) < 4.78 is 6.75. The summed E-state index contributed by atoms with van der Waals surface area (Å²) in [5, 5.41) is 24.7. The fourth-order valence-electron chi connectivity index (χ4n) is 8.52. The van der Waals surface area contributed by atoms with Crippen molar-refractivity contribution in [1.29, 1.82) is 0 Å². The number of piperidine rings is 1. The van der Waals surface area contributed by atoms with E-state index in [0.717, 1.165) is 43.0 Å². The first-order valence-electron chi connectivity index (χ1n) is 14.8. The molecule has 0 radical (unpaired) electrons. The predicted molar refractivity (Wildman–Crippen MR) is 155 cm³/mol. The molecular weight excluding hydrogens is 547 g/mol. The summed E-state index contributed by atoms with van der Waals surface area (Å²) in [6.45, 7) is 6.77. The van der Waals surface area contributed by atoms with Gasteiger partial charge in [-0.05, 0) is 86.2 Å². The average molecular weight is 586 g/mol. The third-order valence-corrected chi connectivity index (χ3v) is 11.1. The van der Waals surface area contributed by atoms with Crippen molar-refractivity contribution < 1.29 is 19.7 Å². The Balaban J connectivity index is 1.28. The van der Waals surface area contributed by atoms with E-state index in [4.69, 9.17) is 27.9 Å². The van der Waals surface area contributed by atoms with E-state index in [0.29, 0.717) is 35.2 Å². The largest absolute Gasteiger partial charge is 0.504 e. The first-order chi connectivity index (χ1) is 19.1. The number of likely N-dealkylation sites (tertiary alicyclic amines) is 1. The maximum atomic E-state index is 14.0. The number of hydrogen-bond acceptors (Lipinski definition) is 5. The number of phenolic OH excluding ortho intramolecular Hbond substituents is 1. The Morgan fingerprint density at radius 3 is 2.67 bits per heavy atom. The highest BCUT2D eigenvalue weighted by Gasteiger charge is 2.73. The highest BCUT2D eigenvalue weighted by atomic mass is 35.5. The Morgan fingerprint density at radius 2 is 1.95 bits per heavy atom. The third kappa shape index (κ3) is 3.93. The van der Waals surface area contributed by atoms with Crippen molar-refractivity contribution in [2.45, 2.75) is 88.0 Å². The van der Waals surface area contributed by atoms with E-state index in [1.165, 1.54) is 18.4 Å². The fourth-order valence-corrected chi connectivity index (χ4v) is 8.84. The number of carbonyl (C=O) groups is 1. The third-order valence-electron chi connectivity index (χ3n) is 10.4. The second-order valence-corrected chi connectivity index (χ2v) is 14.1. The Morgan fingerprint density at radius 1 is 1.15 bits per heavy atom. The van der Waals surface area contributed by atoms with Crippen molar-refractivity contribution in [2.75, 3.05) is 19.6 Å². The zero-order valence-electron chi connectivity index (χ0n) is 23.2. The predicted octanol–water partition coefficient (Wildman–Crippen LogP) is 5.36. The summed E-state index contributed by atoms with van der Waals surface area (Å²) in [4.78, 5) is 18.6. The molecule has 2 heterocycles. The molecule has 1 saturated heterocycles. The van der Waals surface area contributed by atoms with Crippen molar-refractivity contribution in [3.8, 4) is 11.5 Å². The molecule has 5 atom stereocenters. The van der Waals surface area contributed by atoms with E-state index >= 15 is 0 Å². The van der Waals surface area contributed by atoms with Crippen LogP contribution < -0.4 is 4.74 Å². The number of aliphatic hydroxyl groups is 1. The smallest absolute Gasteiger partial charge is 0.227 e. The van der Waals surface area contributed by atoms with Gasteiger partial charge in [-0.3, -0.25) is 9.69 Å². The zero-order chi connectivity index (χ0) is 28.0. The first-order valence-corrected chi connectivity index (χ1v) is 15.6. The van der Waals surface area contributed by atoms with Crippen molar-refractivity contribution >= 4 is 29.1 Å². The maximum Gasteiger partial charge on any atom is 0.227 e. The molecule has 214 valence electrons. The Kier molecular flexibility index (Phi) is 6.40. The second kappa shape index (κ2) is 9.52. The van der Waals surface area contributed by atoms with E-state index in [-0.39, 0.29) is 36.1 Å². The summed E-state index contributed by atoms with van der Waals surface area (Å²) in [7, 11) is 0. The van der Waals surface area contributed by atoms with Crippen molar-refractivity contribution in [2.24, 2.45) is 11.8 Å². The lowest BCUT2D eigenvalue weighted by atomic mass is 9.48. The van der Waals surface area contributed by atoms with Crippen molar-refractivity contribution in [3.05, 3.63) is 57.1 Å². The van der Waals surface area contributed by atoms with Gasteiger partial charge in [-0.25, -0.2) is 0 Å². The van der Waals surface area contributed by atoms with Crippen LogP contribution in [-0.2, 0) is 23.1 Å². The first kappa shape index (κ1) is 26.9. The SMILES string of the molecule is CC(C)CN(C(=O)Cc1ccc(Cl)c(Cl)c1)[C@@H]1CC[C@@]2(O)[C@H]3Cc4ccc(O)c5c4[C@@]2(CCN3CC2CC2)[C@H]1O5. The van der Waals surface area contributed by atoms with Crippen LogP contribution in [0, 0.1) is 11.8 Å². The Labute approximate surface area is 246 Å². The lowest BCUT2D eigenvalue weighted by Crippen LogP contribution is -2.78. The molecule has 1 spiro atoms. The van der Waals surface area contributed by atoms with Gasteiger partial charge in [-0.1, -0.05) is 49.2 Å². The molecule has 7 rings (SSSR count). The minimum Gasteiger partial charge on any atom is -0.504 e. The molecule has 2 aromatic rings. The molecular formula is C32H38Cl2N2O4. The Bertz CT molecular complexity index is 1360. The van der Waals surface area contributed by atoms with Crippen LogP contribution in [0.2, 0.25) is 10.0 Å². The molecule has 2 N–H and O–H groups in total. The zero-order valence-corrected chi connectivity index (χ0v) is 24.7. The molecule has 8 heteroatoms. The summed E-state index contributed by atoms with van der Waals surface area (Å²) in [5.41, 5.74) is 1.36. The summed E-state index contributed by atoms with van der Waals surface area (Å²) >= 11 is 12.4. The van der Waals surface area contributed by atoms with E-state index in [2.05, 4.69) is 18.7 Å². The fraction of sp³-hybridized carbons (Fsp3) is 0.594. The number of ether oxygens (including phenoxy) is 1. The van der Waals surface area contributed by atoms with Crippen LogP contribution in [0.4, 0.5) is 0 Å². The highest BCUT2D eigenvalue weighted by Crippen LogP contribution is 2.66. The van der Waals surface area contributed by atoms with Gasteiger partial charge in [0.05, 0.1) is 33.5 Å². The monoisotopic (exact) mass is 584 g/mol. The van der Waals surface area contributed by atoms with E-state index in [1.54, 1.807) is 18.2 Å². The minimum absolute atomic E-state index is 0.0152. The van der Waals surface area contributed by atoms with Gasteiger partial charge in [0.25, 0.3) is 0 Å². The molecule has 0 aromatic heterocycles. The molecule has 0 unspecified atom stereocenters. The normalized spacial score (nSPS) is 32.1. The quantitative estimate of drug-likeness (QED) is 0.458. The second-order valence-electron chi connectivity index (χ2n) is 13.3. The molecule has 1 amide bonds. The number of nitrogens with zero attached hydrogens (tertiary/aromatic N) is 2. The average Bonchev–Trinajstić information content (AvgIpc) is 3.65. The number of benzene rings is 2. The molecule has 2 saturated carbocycles. The number of hydrogen-bond donors (Lipinski definition) is 2. The molecule has 5 aliphatic rings. The molecule has 3 aliphatic carbocycles. The highest BCUT2D eigenvalue weighted by molar-refractivity contribution is 6.42. The molecule has 40 heavy (non-hydrogen) atoms. The van der Waals surface area contributed by atoms with Gasteiger partial charge < -0.3 is 19.8 Å². The summed E-state index contributed by atoms with van der Waals surface area (Å²) in [6.07, 6.45) is 5.13. The van der Waals surface area contributed by atoms with Gasteiger partial charge in [-0.15, -0.1) is 0 Å².